The van der Waals surface area contributed by atoms with Gasteiger partial charge in [0.1, 0.15) is 5.82 Å². The average Bonchev–Trinajstić information content (AvgIpc) is 2.59. The van der Waals surface area contributed by atoms with Crippen LogP contribution in [0, 0.1) is 5.82 Å². The van der Waals surface area contributed by atoms with Gasteiger partial charge in [-0.25, -0.2) is 9.18 Å². The first-order chi connectivity index (χ1) is 11.7. The van der Waals surface area contributed by atoms with Gasteiger partial charge >= 0.3 is 6.03 Å². The highest BCUT2D eigenvalue weighted by Gasteiger charge is 2.06. The molecule has 0 saturated carbocycles. The molecule has 0 atom stereocenters. The first kappa shape index (κ1) is 15.4. The predicted molar refractivity (Wildman–Crippen MR) is 90.8 cm³/mol. The van der Waals surface area contributed by atoms with Crippen molar-refractivity contribution in [1.29, 1.82) is 0 Å². The fourth-order valence-corrected chi connectivity index (χ4v) is 1.97. The van der Waals surface area contributed by atoms with Gasteiger partial charge in [0.05, 0.1) is 5.69 Å². The molecule has 3 aromatic rings. The molecule has 0 aliphatic heterocycles. The van der Waals surface area contributed by atoms with Crippen LogP contribution in [0.4, 0.5) is 32.2 Å². The number of rotatable bonds is 4. The van der Waals surface area contributed by atoms with Crippen molar-refractivity contribution in [3.05, 3.63) is 72.5 Å². The summed E-state index contributed by atoms with van der Waals surface area (Å²) in [6, 6.07) is 18.0. The number of amides is 2. The zero-order chi connectivity index (χ0) is 16.8. The second-order valence-corrected chi connectivity index (χ2v) is 4.85. The molecule has 0 spiro atoms. The Hall–Kier alpha value is -3.48. The van der Waals surface area contributed by atoms with Crippen LogP contribution in [0.15, 0.2) is 66.7 Å². The van der Waals surface area contributed by atoms with Crippen LogP contribution < -0.4 is 16.0 Å². The Morgan fingerprint density at radius 3 is 2.17 bits per heavy atom. The van der Waals surface area contributed by atoms with E-state index < -0.39 is 6.03 Å². The highest BCUT2D eigenvalue weighted by molar-refractivity contribution is 5.99. The first-order valence-corrected chi connectivity index (χ1v) is 7.19. The summed E-state index contributed by atoms with van der Waals surface area (Å²) in [7, 11) is 0. The van der Waals surface area contributed by atoms with E-state index in [0.29, 0.717) is 17.2 Å². The fourth-order valence-electron chi connectivity index (χ4n) is 1.97. The lowest BCUT2D eigenvalue weighted by atomic mass is 10.3. The molecule has 24 heavy (non-hydrogen) atoms. The molecular weight excluding hydrogens is 309 g/mol. The zero-order valence-corrected chi connectivity index (χ0v) is 12.5. The monoisotopic (exact) mass is 323 g/mol. The van der Waals surface area contributed by atoms with Gasteiger partial charge < -0.3 is 10.6 Å². The van der Waals surface area contributed by atoms with Gasteiger partial charge in [0.2, 0.25) is 0 Å². The quantitative estimate of drug-likeness (QED) is 0.678. The molecule has 0 fully saturated rings. The predicted octanol–water partition coefficient (Wildman–Crippen LogP) is 4.00. The summed E-state index contributed by atoms with van der Waals surface area (Å²) < 4.78 is 13.6. The van der Waals surface area contributed by atoms with Gasteiger partial charge in [-0.1, -0.05) is 30.3 Å². The molecule has 3 N–H and O–H groups in total. The van der Waals surface area contributed by atoms with E-state index in [-0.39, 0.29) is 11.6 Å². The number of halogens is 1. The Labute approximate surface area is 137 Å². The standard InChI is InChI=1S/C17H14FN5O/c18-13-8-4-5-9-14(13)20-15-10-11-16(23-22-15)21-17(24)19-12-6-2-1-3-7-12/h1-11H,(H,20,22)(H2,19,21,23,24). The highest BCUT2D eigenvalue weighted by Crippen LogP contribution is 2.18. The van der Waals surface area contributed by atoms with Crippen molar-refractivity contribution in [2.75, 3.05) is 16.0 Å². The smallest absolute Gasteiger partial charge is 0.324 e. The van der Waals surface area contributed by atoms with Gasteiger partial charge in [-0.3, -0.25) is 5.32 Å². The summed E-state index contributed by atoms with van der Waals surface area (Å²) in [5.41, 5.74) is 0.968. The van der Waals surface area contributed by atoms with E-state index in [0.717, 1.165) is 0 Å². The molecule has 120 valence electrons. The number of anilines is 4. The molecule has 1 heterocycles. The lowest BCUT2D eigenvalue weighted by Gasteiger charge is -2.08. The number of carbonyl (C=O) groups excluding carboxylic acids is 1. The third kappa shape index (κ3) is 4.04. The summed E-state index contributed by atoms with van der Waals surface area (Å²) >= 11 is 0. The number of benzene rings is 2. The van der Waals surface area contributed by atoms with E-state index >= 15 is 0 Å². The number of hydrogen-bond acceptors (Lipinski definition) is 4. The van der Waals surface area contributed by atoms with Crippen molar-refractivity contribution >= 4 is 29.0 Å². The van der Waals surface area contributed by atoms with Gasteiger partial charge in [-0.15, -0.1) is 10.2 Å². The van der Waals surface area contributed by atoms with Crippen molar-refractivity contribution in [2.24, 2.45) is 0 Å². The first-order valence-electron chi connectivity index (χ1n) is 7.19. The number of hydrogen-bond donors (Lipinski definition) is 3. The average molecular weight is 323 g/mol. The molecule has 0 radical (unpaired) electrons. The lowest BCUT2D eigenvalue weighted by Crippen LogP contribution is -2.20. The van der Waals surface area contributed by atoms with Crippen LogP contribution in [0.1, 0.15) is 0 Å². The highest BCUT2D eigenvalue weighted by atomic mass is 19.1. The van der Waals surface area contributed by atoms with E-state index in [2.05, 4.69) is 26.1 Å². The number of carbonyl (C=O) groups is 1. The van der Waals surface area contributed by atoms with Gasteiger partial charge in [-0.05, 0) is 36.4 Å². The van der Waals surface area contributed by atoms with Crippen molar-refractivity contribution in [1.82, 2.24) is 10.2 Å². The maximum absolute atomic E-state index is 13.6. The molecule has 0 bridgehead atoms. The van der Waals surface area contributed by atoms with Crippen molar-refractivity contribution in [3.63, 3.8) is 0 Å². The minimum atomic E-state index is -0.426. The van der Waals surface area contributed by atoms with Gasteiger partial charge in [0.15, 0.2) is 11.6 Å². The zero-order valence-electron chi connectivity index (χ0n) is 12.5. The molecule has 3 rings (SSSR count). The topological polar surface area (TPSA) is 78.9 Å². The summed E-state index contributed by atoms with van der Waals surface area (Å²) in [4.78, 5) is 11.8. The van der Waals surface area contributed by atoms with Crippen molar-refractivity contribution in [2.45, 2.75) is 0 Å². The molecule has 0 unspecified atom stereocenters. The molecule has 0 aliphatic rings. The van der Waals surface area contributed by atoms with Crippen LogP contribution in [0.3, 0.4) is 0 Å². The van der Waals surface area contributed by atoms with Crippen LogP contribution in [0.25, 0.3) is 0 Å². The molecule has 7 heteroatoms. The normalized spacial score (nSPS) is 10.0. The SMILES string of the molecule is O=C(Nc1ccccc1)Nc1ccc(Nc2ccccc2F)nn1. The van der Waals surface area contributed by atoms with E-state index in [1.165, 1.54) is 6.07 Å². The van der Waals surface area contributed by atoms with E-state index in [9.17, 15) is 9.18 Å². The molecule has 6 nitrogen and oxygen atoms in total. The summed E-state index contributed by atoms with van der Waals surface area (Å²) in [6.45, 7) is 0. The Balaban J connectivity index is 1.60. The number of urea groups is 1. The summed E-state index contributed by atoms with van der Waals surface area (Å²) in [5, 5.41) is 15.8. The fraction of sp³-hybridized carbons (Fsp3) is 0. The third-order valence-electron chi connectivity index (χ3n) is 3.07. The molecule has 2 amide bonds. The van der Waals surface area contributed by atoms with E-state index in [1.807, 2.05) is 18.2 Å². The van der Waals surface area contributed by atoms with Gasteiger partial charge in [0, 0.05) is 5.69 Å². The molecule has 0 aliphatic carbocycles. The summed E-state index contributed by atoms with van der Waals surface area (Å²) in [5.74, 6) is 0.264. The molecular formula is C17H14FN5O. The Kier molecular flexibility index (Phi) is 4.62. The minimum absolute atomic E-state index is 0.280. The maximum atomic E-state index is 13.6. The molecule has 0 saturated heterocycles. The second-order valence-electron chi connectivity index (χ2n) is 4.85. The van der Waals surface area contributed by atoms with Crippen LogP contribution in [0.5, 0.6) is 0 Å². The van der Waals surface area contributed by atoms with E-state index in [4.69, 9.17) is 0 Å². The van der Waals surface area contributed by atoms with Crippen molar-refractivity contribution < 1.29 is 9.18 Å². The second kappa shape index (κ2) is 7.19. The Bertz CT molecular complexity index is 824. The third-order valence-corrected chi connectivity index (χ3v) is 3.07. The number of para-hydroxylation sites is 2. The number of aromatic nitrogens is 2. The molecule has 2 aromatic carbocycles. The van der Waals surface area contributed by atoms with Crippen LogP contribution in [-0.4, -0.2) is 16.2 Å². The molecule has 1 aromatic heterocycles. The van der Waals surface area contributed by atoms with Crippen LogP contribution >= 0.6 is 0 Å². The Morgan fingerprint density at radius 2 is 1.46 bits per heavy atom. The van der Waals surface area contributed by atoms with Crippen LogP contribution in [-0.2, 0) is 0 Å². The number of nitrogens with one attached hydrogen (secondary N) is 3. The van der Waals surface area contributed by atoms with Crippen LogP contribution in [0.2, 0.25) is 0 Å². The van der Waals surface area contributed by atoms with Gasteiger partial charge in [0.25, 0.3) is 0 Å². The maximum Gasteiger partial charge on any atom is 0.324 e. The minimum Gasteiger partial charge on any atom is -0.336 e. The summed E-state index contributed by atoms with van der Waals surface area (Å²) in [6.07, 6.45) is 0. The van der Waals surface area contributed by atoms with E-state index in [1.54, 1.807) is 42.5 Å². The lowest BCUT2D eigenvalue weighted by molar-refractivity contribution is 0.262. The van der Waals surface area contributed by atoms with Crippen molar-refractivity contribution in [3.8, 4) is 0 Å². The van der Waals surface area contributed by atoms with Gasteiger partial charge in [-0.2, -0.15) is 0 Å². The largest absolute Gasteiger partial charge is 0.336 e. The Morgan fingerprint density at radius 1 is 0.792 bits per heavy atom. The number of nitrogens with zero attached hydrogens (tertiary/aromatic N) is 2.